The Morgan fingerprint density at radius 1 is 1.11 bits per heavy atom. The van der Waals surface area contributed by atoms with E-state index in [1.807, 2.05) is 30.3 Å². The van der Waals surface area contributed by atoms with Crippen molar-refractivity contribution in [3.63, 3.8) is 0 Å². The monoisotopic (exact) mass is 258 g/mol. The summed E-state index contributed by atoms with van der Waals surface area (Å²) in [5.74, 6) is 0.802. The van der Waals surface area contributed by atoms with E-state index in [1.54, 1.807) is 4.68 Å². The Hall–Kier alpha value is -1.77. The van der Waals surface area contributed by atoms with E-state index in [9.17, 15) is 4.79 Å². The van der Waals surface area contributed by atoms with Crippen molar-refractivity contribution in [1.29, 1.82) is 0 Å². The van der Waals surface area contributed by atoms with Gasteiger partial charge in [-0.15, -0.1) is 0 Å². The predicted octanol–water partition coefficient (Wildman–Crippen LogP) is 3.49. The molecule has 0 radical (unpaired) electrons. The van der Waals surface area contributed by atoms with Crippen LogP contribution in [0.3, 0.4) is 0 Å². The molecular formula is C16H22N2O. The molecule has 0 amide bonds. The molecule has 19 heavy (non-hydrogen) atoms. The van der Waals surface area contributed by atoms with Gasteiger partial charge in [-0.1, -0.05) is 45.9 Å². The lowest BCUT2D eigenvalue weighted by molar-refractivity contribution is 0.635. The highest BCUT2D eigenvalue weighted by atomic mass is 16.1. The van der Waals surface area contributed by atoms with Crippen LogP contribution in [0.2, 0.25) is 0 Å². The summed E-state index contributed by atoms with van der Waals surface area (Å²) in [5, 5.41) is 3.28. The van der Waals surface area contributed by atoms with Crippen molar-refractivity contribution >= 4 is 0 Å². The summed E-state index contributed by atoms with van der Waals surface area (Å²) >= 11 is 0. The van der Waals surface area contributed by atoms with Gasteiger partial charge < -0.3 is 0 Å². The van der Waals surface area contributed by atoms with Crippen molar-refractivity contribution in [2.45, 2.75) is 40.0 Å². The zero-order chi connectivity index (χ0) is 14.0. The minimum atomic E-state index is 0.0867. The molecular weight excluding hydrogens is 236 g/mol. The SMILES string of the molecule is CC(C)Cc1c(C(C)C)[nH]n(-c2ccccc2)c1=O. The molecule has 3 nitrogen and oxygen atoms in total. The number of H-pyrrole nitrogens is 1. The molecule has 1 heterocycles. The number of hydrogen-bond acceptors (Lipinski definition) is 1. The lowest BCUT2D eigenvalue weighted by atomic mass is 9.98. The van der Waals surface area contributed by atoms with Crippen LogP contribution >= 0.6 is 0 Å². The molecule has 0 spiro atoms. The Morgan fingerprint density at radius 2 is 1.74 bits per heavy atom. The number of hydrogen-bond donors (Lipinski definition) is 1. The van der Waals surface area contributed by atoms with Gasteiger partial charge in [0.25, 0.3) is 5.56 Å². The third kappa shape index (κ3) is 2.80. The van der Waals surface area contributed by atoms with Gasteiger partial charge in [-0.05, 0) is 30.4 Å². The van der Waals surface area contributed by atoms with Crippen molar-refractivity contribution in [2.75, 3.05) is 0 Å². The summed E-state index contributed by atoms with van der Waals surface area (Å²) in [6, 6.07) is 9.73. The average molecular weight is 258 g/mol. The maximum absolute atomic E-state index is 12.6. The zero-order valence-electron chi connectivity index (χ0n) is 12.1. The van der Waals surface area contributed by atoms with Crippen LogP contribution in [-0.4, -0.2) is 9.78 Å². The van der Waals surface area contributed by atoms with Crippen LogP contribution in [0.25, 0.3) is 5.69 Å². The van der Waals surface area contributed by atoms with Gasteiger partial charge in [-0.25, -0.2) is 4.68 Å². The predicted molar refractivity (Wildman–Crippen MR) is 79.0 cm³/mol. The molecule has 102 valence electrons. The third-order valence-electron chi connectivity index (χ3n) is 3.22. The molecule has 0 unspecified atom stereocenters. The molecule has 0 saturated carbocycles. The number of rotatable bonds is 4. The van der Waals surface area contributed by atoms with E-state index in [0.717, 1.165) is 23.4 Å². The van der Waals surface area contributed by atoms with Gasteiger partial charge in [0.2, 0.25) is 0 Å². The highest BCUT2D eigenvalue weighted by Gasteiger charge is 2.18. The maximum atomic E-state index is 12.6. The van der Waals surface area contributed by atoms with E-state index in [2.05, 4.69) is 32.8 Å². The van der Waals surface area contributed by atoms with Gasteiger partial charge in [0.1, 0.15) is 0 Å². The van der Waals surface area contributed by atoms with Crippen LogP contribution in [-0.2, 0) is 6.42 Å². The van der Waals surface area contributed by atoms with Crippen molar-refractivity contribution < 1.29 is 0 Å². The van der Waals surface area contributed by atoms with Gasteiger partial charge in [0.05, 0.1) is 5.69 Å². The first-order valence-corrected chi connectivity index (χ1v) is 6.90. The number of aromatic nitrogens is 2. The smallest absolute Gasteiger partial charge is 0.274 e. The number of para-hydroxylation sites is 1. The quantitative estimate of drug-likeness (QED) is 0.895. The molecule has 0 aliphatic rings. The summed E-state index contributed by atoms with van der Waals surface area (Å²) < 4.78 is 1.66. The summed E-state index contributed by atoms with van der Waals surface area (Å²) in [4.78, 5) is 12.6. The lowest BCUT2D eigenvalue weighted by Gasteiger charge is -2.07. The Bertz CT molecular complexity index is 591. The van der Waals surface area contributed by atoms with Crippen LogP contribution in [0.5, 0.6) is 0 Å². The number of benzene rings is 1. The first kappa shape index (κ1) is 13.7. The molecule has 0 aliphatic heterocycles. The molecule has 2 aromatic rings. The molecule has 0 saturated heterocycles. The van der Waals surface area contributed by atoms with Crippen molar-refractivity contribution in [2.24, 2.45) is 5.92 Å². The summed E-state index contributed by atoms with van der Waals surface area (Å²) in [6.07, 6.45) is 0.822. The average Bonchev–Trinajstić information content (AvgIpc) is 2.68. The Labute approximate surface area is 114 Å². The highest BCUT2D eigenvalue weighted by Crippen LogP contribution is 2.18. The minimum absolute atomic E-state index is 0.0867. The summed E-state index contributed by atoms with van der Waals surface area (Å²) in [7, 11) is 0. The van der Waals surface area contributed by atoms with Gasteiger partial charge in [0.15, 0.2) is 0 Å². The van der Waals surface area contributed by atoms with E-state index < -0.39 is 0 Å². The second-order valence-corrected chi connectivity index (χ2v) is 5.73. The number of aromatic amines is 1. The van der Waals surface area contributed by atoms with Crippen LogP contribution < -0.4 is 5.56 Å². The fourth-order valence-electron chi connectivity index (χ4n) is 2.33. The summed E-state index contributed by atoms with van der Waals surface area (Å²) in [6.45, 7) is 8.52. The van der Waals surface area contributed by atoms with Crippen LogP contribution in [0.1, 0.15) is 44.9 Å². The zero-order valence-corrected chi connectivity index (χ0v) is 12.1. The Balaban J connectivity index is 2.56. The number of nitrogens with one attached hydrogen (secondary N) is 1. The maximum Gasteiger partial charge on any atom is 0.274 e. The van der Waals surface area contributed by atoms with Crippen LogP contribution in [0.15, 0.2) is 35.1 Å². The highest BCUT2D eigenvalue weighted by molar-refractivity contribution is 5.33. The van der Waals surface area contributed by atoms with E-state index in [-0.39, 0.29) is 5.56 Å². The minimum Gasteiger partial charge on any atom is -0.294 e. The largest absolute Gasteiger partial charge is 0.294 e. The van der Waals surface area contributed by atoms with Gasteiger partial charge in [-0.2, -0.15) is 0 Å². The summed E-state index contributed by atoms with van der Waals surface area (Å²) in [5.41, 5.74) is 2.96. The first-order chi connectivity index (χ1) is 9.00. The fraction of sp³-hybridized carbons (Fsp3) is 0.438. The fourth-order valence-corrected chi connectivity index (χ4v) is 2.33. The molecule has 1 aromatic heterocycles. The molecule has 0 fully saturated rings. The second-order valence-electron chi connectivity index (χ2n) is 5.73. The third-order valence-corrected chi connectivity index (χ3v) is 3.22. The molecule has 0 bridgehead atoms. The topological polar surface area (TPSA) is 37.8 Å². The van der Waals surface area contributed by atoms with Gasteiger partial charge >= 0.3 is 0 Å². The Morgan fingerprint density at radius 3 is 2.26 bits per heavy atom. The van der Waals surface area contributed by atoms with Crippen LogP contribution in [0, 0.1) is 5.92 Å². The van der Waals surface area contributed by atoms with E-state index in [4.69, 9.17) is 0 Å². The van der Waals surface area contributed by atoms with Crippen molar-refractivity contribution in [3.8, 4) is 5.69 Å². The molecule has 3 heteroatoms. The molecule has 0 atom stereocenters. The van der Waals surface area contributed by atoms with Crippen molar-refractivity contribution in [3.05, 3.63) is 51.9 Å². The van der Waals surface area contributed by atoms with E-state index in [1.165, 1.54) is 0 Å². The molecule has 1 N–H and O–H groups in total. The second kappa shape index (κ2) is 5.47. The first-order valence-electron chi connectivity index (χ1n) is 6.90. The molecule has 2 rings (SSSR count). The number of nitrogens with zero attached hydrogens (tertiary/aromatic N) is 1. The normalized spacial score (nSPS) is 11.5. The Kier molecular flexibility index (Phi) is 3.93. The standard InChI is InChI=1S/C16H22N2O/c1-11(2)10-14-15(12(3)4)17-18(16(14)19)13-8-6-5-7-9-13/h5-9,11-12,17H,10H2,1-4H3. The van der Waals surface area contributed by atoms with Gasteiger partial charge in [0, 0.05) is 11.3 Å². The molecule has 0 aliphatic carbocycles. The lowest BCUT2D eigenvalue weighted by Crippen LogP contribution is -2.18. The van der Waals surface area contributed by atoms with E-state index in [0.29, 0.717) is 11.8 Å². The van der Waals surface area contributed by atoms with E-state index >= 15 is 0 Å². The van der Waals surface area contributed by atoms with Crippen LogP contribution in [0.4, 0.5) is 0 Å². The van der Waals surface area contributed by atoms with Gasteiger partial charge in [-0.3, -0.25) is 9.89 Å². The molecule has 1 aromatic carbocycles. The van der Waals surface area contributed by atoms with Crippen molar-refractivity contribution in [1.82, 2.24) is 9.78 Å².